The Bertz CT molecular complexity index is 575. The molecule has 18 heavy (non-hydrogen) atoms. The predicted octanol–water partition coefficient (Wildman–Crippen LogP) is 3.93. The van der Waals surface area contributed by atoms with Gasteiger partial charge in [-0.25, -0.2) is 0 Å². The summed E-state index contributed by atoms with van der Waals surface area (Å²) in [5.74, 6) is 0. The quantitative estimate of drug-likeness (QED) is 0.831. The summed E-state index contributed by atoms with van der Waals surface area (Å²) < 4.78 is 5.59. The highest BCUT2D eigenvalue weighted by Gasteiger charge is 2.01. The van der Waals surface area contributed by atoms with E-state index in [1.54, 1.807) is 6.07 Å². The van der Waals surface area contributed by atoms with E-state index in [0.717, 1.165) is 11.1 Å². The molecule has 0 aliphatic rings. The topological polar surface area (TPSA) is 33.0 Å². The van der Waals surface area contributed by atoms with E-state index in [9.17, 15) is 0 Å². The lowest BCUT2D eigenvalue weighted by Gasteiger charge is -2.06. The lowest BCUT2D eigenvalue weighted by atomic mass is 10.1. The largest absolute Gasteiger partial charge is 0.372 e. The van der Waals surface area contributed by atoms with Crippen LogP contribution < -0.4 is 0 Å². The molecule has 2 aromatic rings. The molecule has 0 unspecified atom stereocenters. The summed E-state index contributed by atoms with van der Waals surface area (Å²) in [5, 5.41) is 9.65. The number of nitriles is 1. The Morgan fingerprint density at radius 3 is 2.67 bits per heavy atom. The maximum atomic E-state index is 8.95. The zero-order valence-electron chi connectivity index (χ0n) is 9.77. The van der Waals surface area contributed by atoms with Gasteiger partial charge in [-0.05, 0) is 29.3 Å². The average molecular weight is 258 g/mol. The van der Waals surface area contributed by atoms with Crippen molar-refractivity contribution in [2.75, 3.05) is 0 Å². The number of benzene rings is 2. The highest BCUT2D eigenvalue weighted by molar-refractivity contribution is 6.30. The maximum Gasteiger partial charge on any atom is 0.0995 e. The minimum absolute atomic E-state index is 0.427. The van der Waals surface area contributed by atoms with Gasteiger partial charge in [0.1, 0.15) is 0 Å². The molecule has 0 radical (unpaired) electrons. The van der Waals surface area contributed by atoms with Gasteiger partial charge >= 0.3 is 0 Å². The summed E-state index contributed by atoms with van der Waals surface area (Å²) in [6, 6.07) is 17.1. The molecule has 0 N–H and O–H groups in total. The summed E-state index contributed by atoms with van der Waals surface area (Å²) in [6.07, 6.45) is 0. The number of ether oxygens (including phenoxy) is 1. The van der Waals surface area contributed by atoms with E-state index in [4.69, 9.17) is 21.6 Å². The van der Waals surface area contributed by atoms with E-state index in [2.05, 4.69) is 6.07 Å². The normalized spacial score (nSPS) is 10.0. The third-order valence-electron chi connectivity index (χ3n) is 2.55. The van der Waals surface area contributed by atoms with Gasteiger partial charge < -0.3 is 4.74 Å². The van der Waals surface area contributed by atoms with E-state index >= 15 is 0 Å². The van der Waals surface area contributed by atoms with Crippen molar-refractivity contribution in [3.63, 3.8) is 0 Å². The summed E-state index contributed by atoms with van der Waals surface area (Å²) in [6.45, 7) is 0.913. The van der Waals surface area contributed by atoms with Crippen LogP contribution in [0.15, 0.2) is 48.5 Å². The van der Waals surface area contributed by atoms with Crippen molar-refractivity contribution >= 4 is 11.6 Å². The molecule has 0 bridgehead atoms. The second kappa shape index (κ2) is 6.20. The van der Waals surface area contributed by atoms with Crippen LogP contribution >= 0.6 is 11.6 Å². The molecule has 0 aliphatic heterocycles. The van der Waals surface area contributed by atoms with E-state index in [1.165, 1.54) is 0 Å². The van der Waals surface area contributed by atoms with Crippen molar-refractivity contribution in [1.82, 2.24) is 0 Å². The molecule has 0 aromatic heterocycles. The lowest BCUT2D eigenvalue weighted by molar-refractivity contribution is 0.107. The fourth-order valence-corrected chi connectivity index (χ4v) is 1.87. The monoisotopic (exact) mass is 257 g/mol. The molecule has 0 spiro atoms. The molecule has 0 aliphatic carbocycles. The Morgan fingerprint density at radius 1 is 1.06 bits per heavy atom. The molecule has 3 heteroatoms. The minimum Gasteiger partial charge on any atom is -0.372 e. The van der Waals surface area contributed by atoms with Crippen LogP contribution in [0.3, 0.4) is 0 Å². The zero-order chi connectivity index (χ0) is 12.8. The number of hydrogen-bond donors (Lipinski definition) is 0. The molecule has 0 amide bonds. The predicted molar refractivity (Wildman–Crippen MR) is 71.1 cm³/mol. The van der Waals surface area contributed by atoms with Gasteiger partial charge in [0.25, 0.3) is 0 Å². The number of hydrogen-bond acceptors (Lipinski definition) is 2. The van der Waals surface area contributed by atoms with Crippen molar-refractivity contribution in [3.05, 3.63) is 70.2 Å². The van der Waals surface area contributed by atoms with Crippen LogP contribution in [0.5, 0.6) is 0 Å². The van der Waals surface area contributed by atoms with Crippen LogP contribution in [0.1, 0.15) is 16.7 Å². The fourth-order valence-electron chi connectivity index (χ4n) is 1.66. The SMILES string of the molecule is N#Cc1ccccc1COCc1cccc(Cl)c1. The summed E-state index contributed by atoms with van der Waals surface area (Å²) in [7, 11) is 0. The zero-order valence-corrected chi connectivity index (χ0v) is 10.5. The van der Waals surface area contributed by atoms with Gasteiger partial charge in [0.2, 0.25) is 0 Å². The lowest BCUT2D eigenvalue weighted by Crippen LogP contribution is -1.96. The third kappa shape index (κ3) is 3.33. The van der Waals surface area contributed by atoms with E-state index in [1.807, 2.05) is 42.5 Å². The van der Waals surface area contributed by atoms with Crippen molar-refractivity contribution in [1.29, 1.82) is 5.26 Å². The second-order valence-electron chi connectivity index (χ2n) is 3.89. The van der Waals surface area contributed by atoms with Crippen LogP contribution in [0.25, 0.3) is 0 Å². The molecule has 2 rings (SSSR count). The van der Waals surface area contributed by atoms with Crippen LogP contribution in [0.4, 0.5) is 0 Å². The highest BCUT2D eigenvalue weighted by atomic mass is 35.5. The molecule has 90 valence electrons. The fraction of sp³-hybridized carbons (Fsp3) is 0.133. The van der Waals surface area contributed by atoms with Crippen molar-refractivity contribution in [2.45, 2.75) is 13.2 Å². The number of rotatable bonds is 4. The highest BCUT2D eigenvalue weighted by Crippen LogP contribution is 2.13. The molecule has 0 saturated carbocycles. The smallest absolute Gasteiger partial charge is 0.0995 e. The van der Waals surface area contributed by atoms with Crippen LogP contribution in [-0.2, 0) is 18.0 Å². The van der Waals surface area contributed by atoms with Crippen LogP contribution in [0.2, 0.25) is 5.02 Å². The first-order valence-electron chi connectivity index (χ1n) is 5.60. The van der Waals surface area contributed by atoms with Gasteiger partial charge in [-0.1, -0.05) is 41.9 Å². The first-order chi connectivity index (χ1) is 8.79. The van der Waals surface area contributed by atoms with E-state index in [0.29, 0.717) is 23.8 Å². The average Bonchev–Trinajstić information content (AvgIpc) is 2.39. The summed E-state index contributed by atoms with van der Waals surface area (Å²) in [4.78, 5) is 0. The molecular formula is C15H12ClNO. The third-order valence-corrected chi connectivity index (χ3v) is 2.79. The van der Waals surface area contributed by atoms with E-state index in [-0.39, 0.29) is 0 Å². The molecule has 2 nitrogen and oxygen atoms in total. The molecule has 0 heterocycles. The first kappa shape index (κ1) is 12.6. The maximum absolute atomic E-state index is 8.95. The molecule has 2 aromatic carbocycles. The van der Waals surface area contributed by atoms with Gasteiger partial charge in [0.15, 0.2) is 0 Å². The minimum atomic E-state index is 0.427. The van der Waals surface area contributed by atoms with Gasteiger partial charge in [0, 0.05) is 5.02 Å². The van der Waals surface area contributed by atoms with Gasteiger partial charge in [-0.2, -0.15) is 5.26 Å². The molecule has 0 atom stereocenters. The Hall–Kier alpha value is -1.82. The first-order valence-corrected chi connectivity index (χ1v) is 5.97. The van der Waals surface area contributed by atoms with Crippen molar-refractivity contribution in [2.24, 2.45) is 0 Å². The van der Waals surface area contributed by atoms with Crippen molar-refractivity contribution < 1.29 is 4.74 Å². The number of halogens is 1. The van der Waals surface area contributed by atoms with Crippen LogP contribution in [0, 0.1) is 11.3 Å². The molecule has 0 saturated heterocycles. The van der Waals surface area contributed by atoms with Gasteiger partial charge in [-0.15, -0.1) is 0 Å². The standard InChI is InChI=1S/C15H12ClNO/c16-15-7-3-4-12(8-15)10-18-11-14-6-2-1-5-13(14)9-17/h1-8H,10-11H2. The molecule has 0 fully saturated rings. The van der Waals surface area contributed by atoms with E-state index < -0.39 is 0 Å². The Labute approximate surface area is 111 Å². The van der Waals surface area contributed by atoms with Gasteiger partial charge in [-0.3, -0.25) is 0 Å². The Morgan fingerprint density at radius 2 is 1.89 bits per heavy atom. The summed E-state index contributed by atoms with van der Waals surface area (Å²) >= 11 is 5.89. The Balaban J connectivity index is 1.95. The van der Waals surface area contributed by atoms with Crippen LogP contribution in [-0.4, -0.2) is 0 Å². The number of nitrogens with zero attached hydrogens (tertiary/aromatic N) is 1. The Kier molecular flexibility index (Phi) is 4.35. The summed E-state index contributed by atoms with van der Waals surface area (Å²) in [5.41, 5.74) is 2.59. The molecular weight excluding hydrogens is 246 g/mol. The van der Waals surface area contributed by atoms with Crippen molar-refractivity contribution in [3.8, 4) is 6.07 Å². The van der Waals surface area contributed by atoms with Gasteiger partial charge in [0.05, 0.1) is 24.8 Å². The second-order valence-corrected chi connectivity index (χ2v) is 4.33.